The molecule has 0 spiro atoms. The third-order valence-electron chi connectivity index (χ3n) is 9.87. The van der Waals surface area contributed by atoms with E-state index in [4.69, 9.17) is 0 Å². The van der Waals surface area contributed by atoms with Crippen molar-refractivity contribution >= 4 is 34.1 Å². The highest BCUT2D eigenvalue weighted by Gasteiger charge is 2.21. The van der Waals surface area contributed by atoms with Crippen molar-refractivity contribution in [3.63, 3.8) is 0 Å². The first-order valence-corrected chi connectivity index (χ1v) is 17.6. The lowest BCUT2D eigenvalue weighted by molar-refractivity contribution is 1.26. The summed E-state index contributed by atoms with van der Waals surface area (Å²) < 4.78 is 0. The largest absolute Gasteiger partial charge is 0.311 e. The quantitative estimate of drug-likeness (QED) is 0.161. The molecule has 0 N–H and O–H groups in total. The Kier molecular flexibility index (Phi) is 7.96. The van der Waals surface area contributed by atoms with Crippen LogP contribution in [0.25, 0.3) is 33.4 Å². The molecule has 8 aromatic carbocycles. The molecule has 0 unspecified atom stereocenters. The molecule has 2 heteroatoms. The lowest BCUT2D eigenvalue weighted by Gasteiger charge is -2.25. The summed E-state index contributed by atoms with van der Waals surface area (Å²) in [6, 6.07) is 74.1. The van der Waals surface area contributed by atoms with Crippen LogP contribution in [0.2, 0.25) is 0 Å². The summed E-state index contributed by atoms with van der Waals surface area (Å²) >= 11 is 0. The van der Waals surface area contributed by atoms with Gasteiger partial charge in [-0.05, 0) is 136 Å². The predicted molar refractivity (Wildman–Crippen MR) is 215 cm³/mol. The Morgan fingerprint density at radius 3 is 0.843 bits per heavy atom. The minimum absolute atomic E-state index is 0.968. The Morgan fingerprint density at radius 2 is 0.529 bits per heavy atom. The van der Waals surface area contributed by atoms with Crippen LogP contribution in [0.5, 0.6) is 0 Å². The van der Waals surface area contributed by atoms with Gasteiger partial charge in [-0.1, -0.05) is 121 Å². The first-order chi connectivity index (χ1) is 25.3. The Balaban J connectivity index is 1.01. The van der Waals surface area contributed by atoms with Gasteiger partial charge in [-0.2, -0.15) is 0 Å². The Hall–Kier alpha value is -6.64. The molecule has 1 aliphatic carbocycles. The van der Waals surface area contributed by atoms with Crippen LogP contribution in [-0.4, -0.2) is 0 Å². The van der Waals surface area contributed by atoms with Crippen molar-refractivity contribution in [3.05, 3.63) is 217 Å². The highest BCUT2D eigenvalue weighted by molar-refractivity contribution is 5.86. The number of hydrogen-bond donors (Lipinski definition) is 0. The van der Waals surface area contributed by atoms with Crippen molar-refractivity contribution in [1.82, 2.24) is 0 Å². The van der Waals surface area contributed by atoms with Gasteiger partial charge in [0.05, 0.1) is 0 Å². The first-order valence-electron chi connectivity index (χ1n) is 17.6. The molecular formula is C49H36N2. The van der Waals surface area contributed by atoms with Gasteiger partial charge in [-0.15, -0.1) is 0 Å². The standard InChI is InChI=1S/C49H36N2/c1-5-13-42(14-6-1)50(43-15-7-2-8-16-43)46-29-25-36(26-30-46)38-21-23-40-33-41-24-22-39(35-49(41)48(40)34-38)37-27-31-47(32-28-37)51(44-17-9-3-10-18-44)45-19-11-4-12-20-45/h1-32,34-35H,33H2. The number of anilines is 6. The number of fused-ring (bicyclic) bond motifs is 3. The summed E-state index contributed by atoms with van der Waals surface area (Å²) in [5.41, 5.74) is 17.2. The summed E-state index contributed by atoms with van der Waals surface area (Å²) in [6.07, 6.45) is 0.968. The molecule has 0 bridgehead atoms. The first kappa shape index (κ1) is 30.4. The van der Waals surface area contributed by atoms with Crippen molar-refractivity contribution < 1.29 is 0 Å². The third-order valence-corrected chi connectivity index (χ3v) is 9.87. The van der Waals surface area contributed by atoms with Crippen LogP contribution >= 0.6 is 0 Å². The average molecular weight is 653 g/mol. The molecule has 0 saturated heterocycles. The smallest absolute Gasteiger partial charge is 0.0462 e. The van der Waals surface area contributed by atoms with Crippen LogP contribution in [0.1, 0.15) is 11.1 Å². The molecule has 2 nitrogen and oxygen atoms in total. The van der Waals surface area contributed by atoms with Gasteiger partial charge < -0.3 is 9.80 Å². The molecule has 8 aromatic rings. The van der Waals surface area contributed by atoms with E-state index < -0.39 is 0 Å². The number of benzene rings is 8. The van der Waals surface area contributed by atoms with Gasteiger partial charge in [0.25, 0.3) is 0 Å². The maximum atomic E-state index is 2.38. The molecule has 0 aromatic heterocycles. The molecule has 9 rings (SSSR count). The van der Waals surface area contributed by atoms with Crippen molar-refractivity contribution in [2.75, 3.05) is 9.80 Å². The lowest BCUT2D eigenvalue weighted by Crippen LogP contribution is -2.09. The fraction of sp³-hybridized carbons (Fsp3) is 0.0204. The Bertz CT molecular complexity index is 2150. The van der Waals surface area contributed by atoms with E-state index >= 15 is 0 Å². The van der Waals surface area contributed by atoms with Crippen LogP contribution in [0.15, 0.2) is 206 Å². The van der Waals surface area contributed by atoms with E-state index in [0.29, 0.717) is 0 Å². The number of nitrogens with zero attached hydrogens (tertiary/aromatic N) is 2. The second-order valence-electron chi connectivity index (χ2n) is 13.0. The summed E-state index contributed by atoms with van der Waals surface area (Å²) in [5, 5.41) is 0. The molecule has 51 heavy (non-hydrogen) atoms. The monoisotopic (exact) mass is 652 g/mol. The van der Waals surface area contributed by atoms with E-state index in [0.717, 1.165) is 40.5 Å². The Labute approximate surface area is 300 Å². The van der Waals surface area contributed by atoms with E-state index in [1.54, 1.807) is 0 Å². The fourth-order valence-corrected chi connectivity index (χ4v) is 7.34. The maximum absolute atomic E-state index is 2.38. The number of para-hydroxylation sites is 4. The third kappa shape index (κ3) is 5.98. The van der Waals surface area contributed by atoms with Gasteiger partial charge in [-0.3, -0.25) is 0 Å². The van der Waals surface area contributed by atoms with E-state index in [9.17, 15) is 0 Å². The zero-order valence-electron chi connectivity index (χ0n) is 28.2. The van der Waals surface area contributed by atoms with Gasteiger partial charge in [0.15, 0.2) is 0 Å². The molecule has 242 valence electrons. The lowest BCUT2D eigenvalue weighted by atomic mass is 9.96. The van der Waals surface area contributed by atoms with E-state index in [-0.39, 0.29) is 0 Å². The summed E-state index contributed by atoms with van der Waals surface area (Å²) in [4.78, 5) is 4.61. The molecule has 0 saturated carbocycles. The number of hydrogen-bond acceptors (Lipinski definition) is 2. The molecule has 0 radical (unpaired) electrons. The average Bonchev–Trinajstić information content (AvgIpc) is 3.58. The van der Waals surface area contributed by atoms with Crippen LogP contribution in [0, 0.1) is 0 Å². The SMILES string of the molecule is c1ccc(N(c2ccccc2)c2ccc(-c3ccc4c(c3)-c3cc(-c5ccc(N(c6ccccc6)c6ccccc6)cc5)ccc3C4)cc2)cc1. The predicted octanol–water partition coefficient (Wildman–Crippen LogP) is 13.5. The second kappa shape index (κ2) is 13.3. The highest BCUT2D eigenvalue weighted by atomic mass is 15.1. The molecule has 0 atom stereocenters. The molecule has 1 aliphatic rings. The van der Waals surface area contributed by atoms with Crippen molar-refractivity contribution in [3.8, 4) is 33.4 Å². The molecule has 0 heterocycles. The topological polar surface area (TPSA) is 6.48 Å². The summed E-state index contributed by atoms with van der Waals surface area (Å²) in [6.45, 7) is 0. The van der Waals surface area contributed by atoms with Crippen molar-refractivity contribution in [1.29, 1.82) is 0 Å². The summed E-state index contributed by atoms with van der Waals surface area (Å²) in [5.74, 6) is 0. The van der Waals surface area contributed by atoms with Gasteiger partial charge in [-0.25, -0.2) is 0 Å². The van der Waals surface area contributed by atoms with Gasteiger partial charge in [0.1, 0.15) is 0 Å². The second-order valence-corrected chi connectivity index (χ2v) is 13.0. The van der Waals surface area contributed by atoms with Crippen LogP contribution in [0.3, 0.4) is 0 Å². The molecule has 0 amide bonds. The molecule has 0 aliphatic heterocycles. The zero-order chi connectivity index (χ0) is 34.0. The Morgan fingerprint density at radius 1 is 0.255 bits per heavy atom. The van der Waals surface area contributed by atoms with Gasteiger partial charge in [0.2, 0.25) is 0 Å². The zero-order valence-corrected chi connectivity index (χ0v) is 28.2. The summed E-state index contributed by atoms with van der Waals surface area (Å²) in [7, 11) is 0. The number of rotatable bonds is 8. The van der Waals surface area contributed by atoms with E-state index in [2.05, 4.69) is 216 Å². The minimum atomic E-state index is 0.968. The van der Waals surface area contributed by atoms with Crippen LogP contribution < -0.4 is 9.80 Å². The maximum Gasteiger partial charge on any atom is 0.0462 e. The molecular weight excluding hydrogens is 617 g/mol. The molecule has 0 fully saturated rings. The van der Waals surface area contributed by atoms with Crippen molar-refractivity contribution in [2.45, 2.75) is 6.42 Å². The highest BCUT2D eigenvalue weighted by Crippen LogP contribution is 2.42. The van der Waals surface area contributed by atoms with Gasteiger partial charge >= 0.3 is 0 Å². The van der Waals surface area contributed by atoms with Crippen LogP contribution in [-0.2, 0) is 6.42 Å². The normalized spacial score (nSPS) is 11.5. The fourth-order valence-electron chi connectivity index (χ4n) is 7.34. The van der Waals surface area contributed by atoms with Gasteiger partial charge in [0, 0.05) is 34.1 Å². The van der Waals surface area contributed by atoms with E-state index in [1.807, 2.05) is 0 Å². The van der Waals surface area contributed by atoms with Crippen LogP contribution in [0.4, 0.5) is 34.1 Å². The van der Waals surface area contributed by atoms with E-state index in [1.165, 1.54) is 44.5 Å². The minimum Gasteiger partial charge on any atom is -0.311 e. The van der Waals surface area contributed by atoms with Crippen molar-refractivity contribution in [2.24, 2.45) is 0 Å².